The van der Waals surface area contributed by atoms with Gasteiger partial charge in [-0.15, -0.1) is 0 Å². The van der Waals surface area contributed by atoms with E-state index in [9.17, 15) is 4.79 Å². The van der Waals surface area contributed by atoms with Crippen molar-refractivity contribution in [3.8, 4) is 0 Å². The minimum atomic E-state index is -0.0241. The number of hydrogen-bond acceptors (Lipinski definition) is 4. The first kappa shape index (κ1) is 6.41. The van der Waals surface area contributed by atoms with Crippen LogP contribution < -0.4 is 10.7 Å². The van der Waals surface area contributed by atoms with Crippen LogP contribution in [0.15, 0.2) is 5.10 Å². The van der Waals surface area contributed by atoms with Crippen molar-refractivity contribution in [2.45, 2.75) is 0 Å². The van der Waals surface area contributed by atoms with E-state index in [0.717, 1.165) is 0 Å². The summed E-state index contributed by atoms with van der Waals surface area (Å²) in [4.78, 5) is 10.5. The Balaban J connectivity index is 2.47. The van der Waals surface area contributed by atoms with Gasteiger partial charge >= 0.3 is 0 Å². The fraction of sp³-hybridized carbons (Fsp3) is 0.500. The molecule has 0 spiro atoms. The lowest BCUT2D eigenvalue weighted by atomic mass is 10.7. The molecule has 1 rings (SSSR count). The SMILES string of the molecule is CNN=C1CSC(=O)N1. The fourth-order valence-corrected chi connectivity index (χ4v) is 1.11. The summed E-state index contributed by atoms with van der Waals surface area (Å²) >= 11 is 1.22. The molecule has 4 nitrogen and oxygen atoms in total. The first-order valence-corrected chi connectivity index (χ1v) is 3.48. The lowest BCUT2D eigenvalue weighted by molar-refractivity contribution is 0.265. The van der Waals surface area contributed by atoms with Crippen LogP contribution in [0.25, 0.3) is 0 Å². The number of amidine groups is 1. The summed E-state index contributed by atoms with van der Waals surface area (Å²) in [6.45, 7) is 0. The number of hydrogen-bond donors (Lipinski definition) is 2. The number of amides is 1. The van der Waals surface area contributed by atoms with Crippen LogP contribution in [0.2, 0.25) is 0 Å². The second-order valence-electron chi connectivity index (χ2n) is 1.48. The number of nitrogens with one attached hydrogen (secondary N) is 2. The normalized spacial score (nSPS) is 22.3. The van der Waals surface area contributed by atoms with Gasteiger partial charge in [-0.25, -0.2) is 0 Å². The van der Waals surface area contributed by atoms with Crippen LogP contribution in [0.1, 0.15) is 0 Å². The Labute approximate surface area is 57.1 Å². The molecule has 0 aromatic rings. The molecule has 0 aromatic carbocycles. The number of hydrazone groups is 1. The molecule has 2 N–H and O–H groups in total. The predicted octanol–water partition coefficient (Wildman–Crippen LogP) is -0.0243. The Bertz CT molecular complexity index is 156. The lowest BCUT2D eigenvalue weighted by Crippen LogP contribution is -2.21. The van der Waals surface area contributed by atoms with Crippen molar-refractivity contribution in [1.29, 1.82) is 0 Å². The van der Waals surface area contributed by atoms with Gasteiger partial charge in [-0.2, -0.15) is 5.10 Å². The fourth-order valence-electron chi connectivity index (χ4n) is 0.519. The summed E-state index contributed by atoms with van der Waals surface area (Å²) in [6.07, 6.45) is 0. The van der Waals surface area contributed by atoms with Gasteiger partial charge < -0.3 is 10.7 Å². The van der Waals surface area contributed by atoms with Gasteiger partial charge in [0.2, 0.25) is 0 Å². The molecule has 0 aromatic heterocycles. The molecule has 1 heterocycles. The average Bonchev–Trinajstić information content (AvgIpc) is 2.17. The molecule has 5 heteroatoms. The highest BCUT2D eigenvalue weighted by molar-refractivity contribution is 8.14. The molecular weight excluding hydrogens is 138 g/mol. The molecule has 0 bridgehead atoms. The number of nitrogens with zero attached hydrogens (tertiary/aromatic N) is 1. The van der Waals surface area contributed by atoms with Gasteiger partial charge in [0.05, 0.1) is 5.75 Å². The molecule has 0 radical (unpaired) electrons. The summed E-state index contributed by atoms with van der Waals surface area (Å²) < 4.78 is 0. The molecule has 0 atom stereocenters. The van der Waals surface area contributed by atoms with Crippen molar-refractivity contribution in [3.05, 3.63) is 0 Å². The van der Waals surface area contributed by atoms with Crippen LogP contribution in [-0.4, -0.2) is 23.9 Å². The quantitative estimate of drug-likeness (QED) is 0.510. The standard InChI is InChI=1S/C4H7N3OS/c1-5-7-3-2-9-4(8)6-3/h5H,2H2,1H3,(H,6,7,8). The molecule has 0 unspecified atom stereocenters. The van der Waals surface area contributed by atoms with Crippen LogP contribution >= 0.6 is 11.8 Å². The molecule has 1 amide bonds. The number of carbonyl (C=O) groups is 1. The van der Waals surface area contributed by atoms with Crippen LogP contribution in [0.3, 0.4) is 0 Å². The van der Waals surface area contributed by atoms with Gasteiger partial charge in [0.1, 0.15) is 5.84 Å². The van der Waals surface area contributed by atoms with E-state index in [0.29, 0.717) is 11.6 Å². The zero-order valence-corrected chi connectivity index (χ0v) is 5.79. The first-order chi connectivity index (χ1) is 4.33. The Morgan fingerprint density at radius 1 is 1.89 bits per heavy atom. The summed E-state index contributed by atoms with van der Waals surface area (Å²) in [6, 6.07) is 0. The van der Waals surface area contributed by atoms with Crippen LogP contribution in [0.4, 0.5) is 4.79 Å². The second-order valence-corrected chi connectivity index (χ2v) is 2.43. The molecule has 50 valence electrons. The van der Waals surface area contributed by atoms with E-state index >= 15 is 0 Å². The first-order valence-electron chi connectivity index (χ1n) is 2.50. The Morgan fingerprint density at radius 3 is 3.11 bits per heavy atom. The highest BCUT2D eigenvalue weighted by atomic mass is 32.2. The summed E-state index contributed by atoms with van der Waals surface area (Å²) in [5.74, 6) is 1.35. The van der Waals surface area contributed by atoms with E-state index in [2.05, 4.69) is 15.8 Å². The van der Waals surface area contributed by atoms with Gasteiger partial charge in [0.15, 0.2) is 0 Å². The van der Waals surface area contributed by atoms with Crippen molar-refractivity contribution in [2.24, 2.45) is 5.10 Å². The van der Waals surface area contributed by atoms with Gasteiger partial charge in [-0.3, -0.25) is 4.79 Å². The van der Waals surface area contributed by atoms with Crippen molar-refractivity contribution in [2.75, 3.05) is 12.8 Å². The summed E-state index contributed by atoms with van der Waals surface area (Å²) in [5, 5.41) is 6.33. The van der Waals surface area contributed by atoms with Crippen LogP contribution in [0.5, 0.6) is 0 Å². The van der Waals surface area contributed by atoms with Gasteiger partial charge in [-0.05, 0) is 0 Å². The third kappa shape index (κ3) is 1.60. The van der Waals surface area contributed by atoms with Crippen molar-refractivity contribution >= 4 is 22.8 Å². The molecule has 1 fully saturated rings. The third-order valence-electron chi connectivity index (χ3n) is 0.833. The predicted molar refractivity (Wildman–Crippen MR) is 37.5 cm³/mol. The smallest absolute Gasteiger partial charge is 0.284 e. The van der Waals surface area contributed by atoms with E-state index in [1.54, 1.807) is 7.05 Å². The van der Waals surface area contributed by atoms with E-state index in [1.165, 1.54) is 11.8 Å². The van der Waals surface area contributed by atoms with E-state index in [4.69, 9.17) is 0 Å². The van der Waals surface area contributed by atoms with E-state index < -0.39 is 0 Å². The van der Waals surface area contributed by atoms with E-state index in [-0.39, 0.29) is 5.24 Å². The Hall–Kier alpha value is -0.710. The topological polar surface area (TPSA) is 53.5 Å². The monoisotopic (exact) mass is 145 g/mol. The Kier molecular flexibility index (Phi) is 1.94. The van der Waals surface area contributed by atoms with Crippen molar-refractivity contribution in [1.82, 2.24) is 10.7 Å². The molecule has 1 saturated heterocycles. The van der Waals surface area contributed by atoms with Gasteiger partial charge in [0.25, 0.3) is 5.24 Å². The van der Waals surface area contributed by atoms with Gasteiger partial charge in [0, 0.05) is 7.05 Å². The Morgan fingerprint density at radius 2 is 2.67 bits per heavy atom. The number of rotatable bonds is 1. The maximum absolute atomic E-state index is 10.5. The number of carbonyl (C=O) groups excluding carboxylic acids is 1. The largest absolute Gasteiger partial charge is 0.311 e. The molecule has 0 aliphatic carbocycles. The maximum atomic E-state index is 10.5. The van der Waals surface area contributed by atoms with Crippen molar-refractivity contribution in [3.63, 3.8) is 0 Å². The number of thioether (sulfide) groups is 1. The zero-order valence-electron chi connectivity index (χ0n) is 4.97. The van der Waals surface area contributed by atoms with Crippen molar-refractivity contribution < 1.29 is 4.79 Å². The second kappa shape index (κ2) is 2.72. The lowest BCUT2D eigenvalue weighted by Gasteiger charge is -1.91. The van der Waals surface area contributed by atoms with Crippen LogP contribution in [0, 0.1) is 0 Å². The van der Waals surface area contributed by atoms with Crippen LogP contribution in [-0.2, 0) is 0 Å². The molecule has 1 aliphatic heterocycles. The van der Waals surface area contributed by atoms with Gasteiger partial charge in [-0.1, -0.05) is 11.8 Å². The molecular formula is C4H7N3OS. The molecule has 9 heavy (non-hydrogen) atoms. The molecule has 1 aliphatic rings. The summed E-state index contributed by atoms with van der Waals surface area (Å²) in [5.41, 5.74) is 2.59. The minimum Gasteiger partial charge on any atom is -0.311 e. The highest BCUT2D eigenvalue weighted by Gasteiger charge is 2.15. The van der Waals surface area contributed by atoms with E-state index in [1.807, 2.05) is 0 Å². The molecule has 0 saturated carbocycles. The third-order valence-corrected chi connectivity index (χ3v) is 1.62. The minimum absolute atomic E-state index is 0.0241. The summed E-state index contributed by atoms with van der Waals surface area (Å²) in [7, 11) is 1.70. The average molecular weight is 145 g/mol. The highest BCUT2D eigenvalue weighted by Crippen LogP contribution is 2.07. The zero-order chi connectivity index (χ0) is 6.69. The maximum Gasteiger partial charge on any atom is 0.284 e.